The third-order valence-electron chi connectivity index (χ3n) is 6.88. The number of rotatable bonds is 8. The Morgan fingerprint density at radius 2 is 1.66 bits per heavy atom. The van der Waals surface area contributed by atoms with Crippen LogP contribution in [0, 0.1) is 0 Å². The molecule has 2 aliphatic carbocycles. The summed E-state index contributed by atoms with van der Waals surface area (Å²) < 4.78 is 5.63. The Bertz CT molecular complexity index is 1210. The minimum atomic E-state index is -0.961. The SMILES string of the molecule is O=C(O)CC1(NC(=O)C(NC(=O)OCC2c3ccccc3-c3ccccc32)c2cccs2)CCC1. The molecule has 0 bridgehead atoms. The molecule has 0 aliphatic heterocycles. The Labute approximate surface area is 207 Å². The zero-order valence-corrected chi connectivity index (χ0v) is 19.8. The van der Waals surface area contributed by atoms with Gasteiger partial charge in [0.15, 0.2) is 0 Å². The zero-order valence-electron chi connectivity index (χ0n) is 19.0. The van der Waals surface area contributed by atoms with Crippen molar-refractivity contribution in [3.63, 3.8) is 0 Å². The summed E-state index contributed by atoms with van der Waals surface area (Å²) in [4.78, 5) is 38.0. The van der Waals surface area contributed by atoms with Crippen molar-refractivity contribution in [2.24, 2.45) is 0 Å². The van der Waals surface area contributed by atoms with Gasteiger partial charge in [0.1, 0.15) is 12.6 Å². The van der Waals surface area contributed by atoms with Crippen molar-refractivity contribution in [1.82, 2.24) is 10.6 Å². The molecule has 1 fully saturated rings. The number of hydrogen-bond acceptors (Lipinski definition) is 5. The van der Waals surface area contributed by atoms with Gasteiger partial charge in [-0.05, 0) is 53.0 Å². The Hall–Kier alpha value is -3.65. The van der Waals surface area contributed by atoms with Crippen LogP contribution in [0.4, 0.5) is 4.79 Å². The van der Waals surface area contributed by atoms with Gasteiger partial charge in [0, 0.05) is 10.8 Å². The first-order chi connectivity index (χ1) is 17.0. The minimum Gasteiger partial charge on any atom is -0.481 e. The van der Waals surface area contributed by atoms with E-state index in [1.54, 1.807) is 12.1 Å². The van der Waals surface area contributed by atoms with Crippen LogP contribution in [-0.2, 0) is 14.3 Å². The number of carbonyl (C=O) groups is 3. The molecule has 3 N–H and O–H groups in total. The van der Waals surface area contributed by atoms with Crippen molar-refractivity contribution in [1.29, 1.82) is 0 Å². The highest BCUT2D eigenvalue weighted by Crippen LogP contribution is 2.44. The summed E-state index contributed by atoms with van der Waals surface area (Å²) in [6.07, 6.45) is 1.24. The maximum Gasteiger partial charge on any atom is 0.408 e. The number of ether oxygens (including phenoxy) is 1. The number of carboxylic acids is 1. The monoisotopic (exact) mass is 490 g/mol. The lowest BCUT2D eigenvalue weighted by atomic mass is 9.74. The normalized spacial score (nSPS) is 16.3. The van der Waals surface area contributed by atoms with Gasteiger partial charge in [-0.3, -0.25) is 9.59 Å². The van der Waals surface area contributed by atoms with Crippen molar-refractivity contribution < 1.29 is 24.2 Å². The third-order valence-corrected chi connectivity index (χ3v) is 7.82. The maximum atomic E-state index is 13.2. The van der Waals surface area contributed by atoms with E-state index < -0.39 is 29.6 Å². The largest absolute Gasteiger partial charge is 0.481 e. The number of carboxylic acid groups (broad SMARTS) is 1. The van der Waals surface area contributed by atoms with E-state index in [0.717, 1.165) is 28.7 Å². The molecule has 5 rings (SSSR count). The number of fused-ring (bicyclic) bond motifs is 3. The van der Waals surface area contributed by atoms with Crippen LogP contribution in [0.15, 0.2) is 66.0 Å². The second kappa shape index (κ2) is 9.54. The number of hydrogen-bond donors (Lipinski definition) is 3. The van der Waals surface area contributed by atoms with Crippen molar-refractivity contribution in [2.75, 3.05) is 6.61 Å². The smallest absolute Gasteiger partial charge is 0.408 e. The molecule has 1 heterocycles. The Morgan fingerprint density at radius 3 is 2.20 bits per heavy atom. The molecular weight excluding hydrogens is 464 g/mol. The summed E-state index contributed by atoms with van der Waals surface area (Å²) >= 11 is 1.34. The lowest BCUT2D eigenvalue weighted by Gasteiger charge is -2.42. The molecule has 2 aliphatic rings. The van der Waals surface area contributed by atoms with E-state index in [-0.39, 0.29) is 18.9 Å². The van der Waals surface area contributed by atoms with Gasteiger partial charge in [-0.25, -0.2) is 4.79 Å². The van der Waals surface area contributed by atoms with E-state index in [4.69, 9.17) is 4.74 Å². The molecule has 8 heteroatoms. The summed E-state index contributed by atoms with van der Waals surface area (Å²) in [6.45, 7) is 0.140. The molecule has 2 amide bonds. The second-order valence-corrected chi connectivity index (χ2v) is 10.1. The first-order valence-electron chi connectivity index (χ1n) is 11.6. The fourth-order valence-electron chi connectivity index (χ4n) is 5.05. The second-order valence-electron chi connectivity index (χ2n) is 9.11. The zero-order chi connectivity index (χ0) is 24.4. The third kappa shape index (κ3) is 4.66. The van der Waals surface area contributed by atoms with Crippen LogP contribution in [0.5, 0.6) is 0 Å². The average Bonchev–Trinajstić information content (AvgIpc) is 3.46. The van der Waals surface area contributed by atoms with E-state index in [0.29, 0.717) is 17.7 Å². The van der Waals surface area contributed by atoms with Gasteiger partial charge in [-0.15, -0.1) is 11.3 Å². The summed E-state index contributed by atoms with van der Waals surface area (Å²) in [5.41, 5.74) is 3.72. The van der Waals surface area contributed by atoms with Gasteiger partial charge in [-0.2, -0.15) is 0 Å². The van der Waals surface area contributed by atoms with Gasteiger partial charge in [0.2, 0.25) is 5.91 Å². The first-order valence-corrected chi connectivity index (χ1v) is 12.5. The van der Waals surface area contributed by atoms with Crippen LogP contribution in [0.2, 0.25) is 0 Å². The number of alkyl carbamates (subject to hydrolysis) is 1. The Balaban J connectivity index is 1.28. The van der Waals surface area contributed by atoms with Gasteiger partial charge < -0.3 is 20.5 Å². The predicted molar refractivity (Wildman–Crippen MR) is 132 cm³/mol. The number of thiophene rings is 1. The summed E-state index contributed by atoms with van der Waals surface area (Å²) in [7, 11) is 0. The summed E-state index contributed by atoms with van der Waals surface area (Å²) in [6, 6.07) is 18.8. The molecule has 1 saturated carbocycles. The maximum absolute atomic E-state index is 13.2. The topological polar surface area (TPSA) is 105 Å². The number of aliphatic carboxylic acids is 1. The van der Waals surface area contributed by atoms with E-state index in [9.17, 15) is 19.5 Å². The standard InChI is InChI=1S/C27H26N2O5S/c30-23(31)15-27(12-6-13-27)29-25(32)24(22-11-5-14-35-22)28-26(33)34-16-21-19-9-3-1-7-17(19)18-8-2-4-10-20(18)21/h1-5,7-11,14,21,24H,6,12-13,15-16H2,(H,28,33)(H,29,32)(H,30,31). The molecule has 0 saturated heterocycles. The first kappa shape index (κ1) is 23.1. The molecule has 3 aromatic rings. The molecule has 1 atom stereocenters. The van der Waals surface area contributed by atoms with Crippen molar-refractivity contribution in [3.05, 3.63) is 82.0 Å². The molecule has 0 spiro atoms. The fourth-order valence-corrected chi connectivity index (χ4v) is 5.83. The van der Waals surface area contributed by atoms with Gasteiger partial charge in [-0.1, -0.05) is 54.6 Å². The van der Waals surface area contributed by atoms with Crippen molar-refractivity contribution in [2.45, 2.75) is 43.2 Å². The Kier molecular flexibility index (Phi) is 6.30. The number of amides is 2. The van der Waals surface area contributed by atoms with Crippen molar-refractivity contribution >= 4 is 29.3 Å². The van der Waals surface area contributed by atoms with Gasteiger partial charge >= 0.3 is 12.1 Å². The molecule has 1 unspecified atom stereocenters. The Morgan fingerprint density at radius 1 is 1.00 bits per heavy atom. The van der Waals surface area contributed by atoms with Gasteiger partial charge in [0.25, 0.3) is 0 Å². The molecule has 35 heavy (non-hydrogen) atoms. The predicted octanol–water partition coefficient (Wildman–Crippen LogP) is 4.84. The lowest BCUT2D eigenvalue weighted by molar-refractivity contribution is -0.140. The van der Waals surface area contributed by atoms with Crippen LogP contribution in [0.3, 0.4) is 0 Å². The number of carbonyl (C=O) groups excluding carboxylic acids is 2. The molecular formula is C27H26N2O5S. The summed E-state index contributed by atoms with van der Waals surface area (Å²) in [5, 5.41) is 16.7. The van der Waals surface area contributed by atoms with Crippen LogP contribution >= 0.6 is 11.3 Å². The van der Waals surface area contributed by atoms with Gasteiger partial charge in [0.05, 0.1) is 12.0 Å². The minimum absolute atomic E-state index is 0.0871. The fraction of sp³-hybridized carbons (Fsp3) is 0.296. The van der Waals surface area contributed by atoms with E-state index >= 15 is 0 Å². The number of benzene rings is 2. The highest BCUT2D eigenvalue weighted by molar-refractivity contribution is 7.10. The summed E-state index contributed by atoms with van der Waals surface area (Å²) in [5.74, 6) is -1.47. The van der Waals surface area contributed by atoms with Crippen molar-refractivity contribution in [3.8, 4) is 11.1 Å². The van der Waals surface area contributed by atoms with E-state index in [1.807, 2.05) is 41.8 Å². The van der Waals surface area contributed by atoms with Crippen LogP contribution in [0.25, 0.3) is 11.1 Å². The highest BCUT2D eigenvalue weighted by Gasteiger charge is 2.42. The average molecular weight is 491 g/mol. The molecule has 7 nitrogen and oxygen atoms in total. The molecule has 1 aromatic heterocycles. The molecule has 180 valence electrons. The van der Waals surface area contributed by atoms with Crippen LogP contribution in [0.1, 0.15) is 53.6 Å². The number of nitrogens with one attached hydrogen (secondary N) is 2. The molecule has 2 aromatic carbocycles. The van der Waals surface area contributed by atoms with E-state index in [2.05, 4.69) is 22.8 Å². The van der Waals surface area contributed by atoms with Crippen LogP contribution in [-0.4, -0.2) is 35.2 Å². The highest BCUT2D eigenvalue weighted by atomic mass is 32.1. The quantitative estimate of drug-likeness (QED) is 0.419. The lowest BCUT2D eigenvalue weighted by Crippen LogP contribution is -2.57. The molecule has 0 radical (unpaired) electrons. The van der Waals surface area contributed by atoms with E-state index in [1.165, 1.54) is 11.3 Å². The van der Waals surface area contributed by atoms with Crippen LogP contribution < -0.4 is 10.6 Å².